The highest BCUT2D eigenvalue weighted by atomic mass is 32.2. The van der Waals surface area contributed by atoms with Gasteiger partial charge in [0.1, 0.15) is 10.8 Å². The number of hydrogen-bond acceptors (Lipinski definition) is 6. The van der Waals surface area contributed by atoms with Crippen molar-refractivity contribution in [1.29, 1.82) is 0 Å². The fraction of sp³-hybridized carbons (Fsp3) is 0.375. The van der Waals surface area contributed by atoms with Crippen LogP contribution in [-0.2, 0) is 0 Å². The van der Waals surface area contributed by atoms with E-state index in [9.17, 15) is 4.79 Å². The lowest BCUT2D eigenvalue weighted by Crippen LogP contribution is -2.40. The average Bonchev–Trinajstić information content (AvgIpc) is 2.79. The molecular formula is C24H29N5OS. The Morgan fingerprint density at radius 3 is 2.55 bits per heavy atom. The molecule has 0 unspecified atom stereocenters. The van der Waals surface area contributed by atoms with Gasteiger partial charge in [-0.15, -0.1) is 11.8 Å². The van der Waals surface area contributed by atoms with E-state index >= 15 is 0 Å². The number of hydrogen-bond donors (Lipinski definition) is 2. The molecule has 0 spiro atoms. The SMILES string of the molecule is CSc1ncccc1C(=O)N[C@H]1CC[C@@H](Nc2cc(N(C)C)c3ccccc3n2)CC1. The smallest absolute Gasteiger partial charge is 0.254 e. The number of aromatic nitrogens is 2. The number of anilines is 2. The number of fused-ring (bicyclic) bond motifs is 1. The third kappa shape index (κ3) is 4.93. The second-order valence-corrected chi connectivity index (χ2v) is 8.96. The van der Waals surface area contributed by atoms with E-state index in [-0.39, 0.29) is 11.9 Å². The van der Waals surface area contributed by atoms with Crippen molar-refractivity contribution in [2.45, 2.75) is 42.8 Å². The van der Waals surface area contributed by atoms with Gasteiger partial charge in [0.2, 0.25) is 0 Å². The minimum absolute atomic E-state index is 0.0271. The van der Waals surface area contributed by atoms with Crippen LogP contribution in [0.1, 0.15) is 36.0 Å². The average molecular weight is 436 g/mol. The Hall–Kier alpha value is -2.80. The summed E-state index contributed by atoms with van der Waals surface area (Å²) in [4.78, 5) is 23.9. The van der Waals surface area contributed by atoms with Gasteiger partial charge in [-0.2, -0.15) is 0 Å². The van der Waals surface area contributed by atoms with Crippen LogP contribution >= 0.6 is 11.8 Å². The van der Waals surface area contributed by atoms with Crippen LogP contribution in [0.15, 0.2) is 53.7 Å². The molecule has 0 bridgehead atoms. The molecule has 6 nitrogen and oxygen atoms in total. The maximum absolute atomic E-state index is 12.7. The topological polar surface area (TPSA) is 70.2 Å². The summed E-state index contributed by atoms with van der Waals surface area (Å²) in [5, 5.41) is 8.76. The third-order valence-corrected chi connectivity index (χ3v) is 6.51. The van der Waals surface area contributed by atoms with Crippen LogP contribution in [-0.4, -0.2) is 48.3 Å². The Balaban J connectivity index is 1.38. The van der Waals surface area contributed by atoms with Crippen LogP contribution in [0.4, 0.5) is 11.5 Å². The highest BCUT2D eigenvalue weighted by Gasteiger charge is 2.24. The predicted octanol–water partition coefficient (Wildman–Crippen LogP) is 4.57. The van der Waals surface area contributed by atoms with Crippen molar-refractivity contribution in [2.24, 2.45) is 0 Å². The molecule has 1 aromatic carbocycles. The first-order chi connectivity index (χ1) is 15.0. The monoisotopic (exact) mass is 435 g/mol. The molecule has 1 amide bonds. The quantitative estimate of drug-likeness (QED) is 0.553. The standard InChI is InChI=1S/C24H29N5OS/c1-29(2)21-15-22(28-20-9-5-4-7-18(20)21)26-16-10-12-17(13-11-16)27-23(30)19-8-6-14-25-24(19)31-3/h4-9,14-17H,10-13H2,1-3H3,(H,26,28)(H,27,30)/t16-,17+. The first-order valence-electron chi connectivity index (χ1n) is 10.7. The molecule has 162 valence electrons. The Morgan fingerprint density at radius 1 is 1.06 bits per heavy atom. The molecule has 1 aliphatic rings. The van der Waals surface area contributed by atoms with Crippen LogP contribution in [0, 0.1) is 0 Å². The molecule has 0 saturated heterocycles. The Bertz CT molecular complexity index is 1060. The van der Waals surface area contributed by atoms with Crippen molar-refractivity contribution < 1.29 is 4.79 Å². The van der Waals surface area contributed by atoms with E-state index in [0.717, 1.165) is 53.1 Å². The normalized spacial score (nSPS) is 18.5. The summed E-state index contributed by atoms with van der Waals surface area (Å²) in [7, 11) is 4.12. The van der Waals surface area contributed by atoms with Crippen LogP contribution in [0.3, 0.4) is 0 Å². The maximum atomic E-state index is 12.7. The van der Waals surface area contributed by atoms with E-state index < -0.39 is 0 Å². The summed E-state index contributed by atoms with van der Waals surface area (Å²) in [6, 6.07) is 14.6. The lowest BCUT2D eigenvalue weighted by molar-refractivity contribution is 0.0923. The zero-order valence-corrected chi connectivity index (χ0v) is 19.1. The van der Waals surface area contributed by atoms with Gasteiger partial charge in [0, 0.05) is 49.5 Å². The molecule has 2 aromatic heterocycles. The zero-order valence-electron chi connectivity index (χ0n) is 18.3. The fourth-order valence-corrected chi connectivity index (χ4v) is 4.73. The van der Waals surface area contributed by atoms with Crippen molar-refractivity contribution in [3.63, 3.8) is 0 Å². The van der Waals surface area contributed by atoms with Crippen molar-refractivity contribution in [3.8, 4) is 0 Å². The Labute approximate surface area is 187 Å². The molecule has 1 saturated carbocycles. The number of benzene rings is 1. The van der Waals surface area contributed by atoms with E-state index in [1.807, 2.05) is 30.5 Å². The number of para-hydroxylation sites is 1. The van der Waals surface area contributed by atoms with Crippen LogP contribution in [0.25, 0.3) is 10.9 Å². The zero-order chi connectivity index (χ0) is 21.8. The molecule has 1 fully saturated rings. The number of nitrogens with zero attached hydrogens (tertiary/aromatic N) is 3. The van der Waals surface area contributed by atoms with Crippen LogP contribution in [0.2, 0.25) is 0 Å². The van der Waals surface area contributed by atoms with E-state index in [4.69, 9.17) is 4.98 Å². The minimum Gasteiger partial charge on any atom is -0.377 e. The fourth-order valence-electron chi connectivity index (χ4n) is 4.18. The van der Waals surface area contributed by atoms with Crippen LogP contribution in [0.5, 0.6) is 0 Å². The molecule has 1 aliphatic carbocycles. The summed E-state index contributed by atoms with van der Waals surface area (Å²) in [6.07, 6.45) is 7.57. The Kier molecular flexibility index (Phi) is 6.61. The summed E-state index contributed by atoms with van der Waals surface area (Å²) in [5.74, 6) is 0.885. The molecular weight excluding hydrogens is 406 g/mol. The van der Waals surface area contributed by atoms with E-state index in [2.05, 4.69) is 52.8 Å². The Morgan fingerprint density at radius 2 is 1.81 bits per heavy atom. The molecule has 31 heavy (non-hydrogen) atoms. The number of amides is 1. The largest absolute Gasteiger partial charge is 0.377 e. The second-order valence-electron chi connectivity index (χ2n) is 8.16. The summed E-state index contributed by atoms with van der Waals surface area (Å²) >= 11 is 1.50. The van der Waals surface area contributed by atoms with Crippen LogP contribution < -0.4 is 15.5 Å². The maximum Gasteiger partial charge on any atom is 0.254 e. The first kappa shape index (κ1) is 21.4. The summed E-state index contributed by atoms with van der Waals surface area (Å²) in [5.41, 5.74) is 2.82. The van der Waals surface area contributed by atoms with Gasteiger partial charge < -0.3 is 15.5 Å². The second kappa shape index (κ2) is 9.56. The van der Waals surface area contributed by atoms with Gasteiger partial charge in [-0.05, 0) is 50.1 Å². The van der Waals surface area contributed by atoms with Gasteiger partial charge in [-0.25, -0.2) is 9.97 Å². The number of nitrogens with one attached hydrogen (secondary N) is 2. The number of pyridine rings is 2. The highest BCUT2D eigenvalue weighted by molar-refractivity contribution is 7.98. The highest BCUT2D eigenvalue weighted by Crippen LogP contribution is 2.29. The third-order valence-electron chi connectivity index (χ3n) is 5.80. The molecule has 2 heterocycles. The number of thioether (sulfide) groups is 1. The molecule has 3 aromatic rings. The van der Waals surface area contributed by atoms with E-state index in [1.165, 1.54) is 11.8 Å². The molecule has 0 radical (unpaired) electrons. The van der Waals surface area contributed by atoms with E-state index in [1.54, 1.807) is 6.20 Å². The van der Waals surface area contributed by atoms with Gasteiger partial charge >= 0.3 is 0 Å². The van der Waals surface area contributed by atoms with Gasteiger partial charge in [-0.3, -0.25) is 4.79 Å². The molecule has 0 atom stereocenters. The number of rotatable bonds is 6. The van der Waals surface area contributed by atoms with Gasteiger partial charge in [0.15, 0.2) is 0 Å². The van der Waals surface area contributed by atoms with Crippen molar-refractivity contribution in [3.05, 3.63) is 54.2 Å². The van der Waals surface area contributed by atoms with Crippen molar-refractivity contribution >= 4 is 40.1 Å². The number of carbonyl (C=O) groups is 1. The van der Waals surface area contributed by atoms with Crippen molar-refractivity contribution in [1.82, 2.24) is 15.3 Å². The summed E-state index contributed by atoms with van der Waals surface area (Å²) < 4.78 is 0. The van der Waals surface area contributed by atoms with Gasteiger partial charge in [0.25, 0.3) is 5.91 Å². The predicted molar refractivity (Wildman–Crippen MR) is 129 cm³/mol. The number of carbonyl (C=O) groups excluding carboxylic acids is 1. The summed E-state index contributed by atoms with van der Waals surface area (Å²) in [6.45, 7) is 0. The minimum atomic E-state index is -0.0271. The van der Waals surface area contributed by atoms with Crippen molar-refractivity contribution in [2.75, 3.05) is 30.6 Å². The lowest BCUT2D eigenvalue weighted by Gasteiger charge is -2.30. The lowest BCUT2D eigenvalue weighted by atomic mass is 9.91. The van der Waals surface area contributed by atoms with Gasteiger partial charge in [-0.1, -0.05) is 18.2 Å². The van der Waals surface area contributed by atoms with E-state index in [0.29, 0.717) is 11.6 Å². The molecule has 4 rings (SSSR count). The molecule has 7 heteroatoms. The first-order valence-corrected chi connectivity index (χ1v) is 11.9. The molecule has 2 N–H and O–H groups in total. The molecule has 0 aliphatic heterocycles. The van der Waals surface area contributed by atoms with Gasteiger partial charge in [0.05, 0.1) is 11.1 Å².